The third kappa shape index (κ3) is 3.52. The van der Waals surface area contributed by atoms with Gasteiger partial charge in [0.15, 0.2) is 5.16 Å². The predicted octanol–water partition coefficient (Wildman–Crippen LogP) is 2.77. The van der Waals surface area contributed by atoms with Gasteiger partial charge in [-0.2, -0.15) is 0 Å². The summed E-state index contributed by atoms with van der Waals surface area (Å²) >= 11 is 1.75. The first-order chi connectivity index (χ1) is 7.70. The highest BCUT2D eigenvalue weighted by Crippen LogP contribution is 2.22. The van der Waals surface area contributed by atoms with Gasteiger partial charge in [0, 0.05) is 24.6 Å². The fraction of sp³-hybridized carbons (Fsp3) is 0.750. The highest BCUT2D eigenvalue weighted by molar-refractivity contribution is 7.99. The molecule has 1 aromatic rings. The van der Waals surface area contributed by atoms with E-state index < -0.39 is 0 Å². The Morgan fingerprint density at radius 1 is 1.31 bits per heavy atom. The zero-order chi connectivity index (χ0) is 12.0. The molecule has 0 saturated heterocycles. The molecule has 0 saturated carbocycles. The molecule has 0 amide bonds. The Balaban J connectivity index is 2.69. The van der Waals surface area contributed by atoms with Crippen LogP contribution in [0.5, 0.6) is 0 Å². The molecule has 0 atom stereocenters. The van der Waals surface area contributed by atoms with E-state index in [1.54, 1.807) is 11.8 Å². The van der Waals surface area contributed by atoms with Crippen molar-refractivity contribution in [1.82, 2.24) is 9.55 Å². The minimum Gasteiger partial charge on any atom is -0.396 e. The van der Waals surface area contributed by atoms with Crippen molar-refractivity contribution in [2.24, 2.45) is 0 Å². The summed E-state index contributed by atoms with van der Waals surface area (Å²) in [5.74, 6) is 0.943. The lowest BCUT2D eigenvalue weighted by atomic mass is 10.3. The summed E-state index contributed by atoms with van der Waals surface area (Å²) in [5, 5.41) is 9.88. The van der Waals surface area contributed by atoms with Crippen molar-refractivity contribution in [3.05, 3.63) is 11.4 Å². The first kappa shape index (κ1) is 13.6. The number of hydrogen-bond acceptors (Lipinski definition) is 3. The first-order valence-corrected chi connectivity index (χ1v) is 6.96. The molecule has 0 aromatic carbocycles. The van der Waals surface area contributed by atoms with Crippen LogP contribution in [0.25, 0.3) is 0 Å². The molecule has 1 rings (SSSR count). The zero-order valence-corrected chi connectivity index (χ0v) is 11.3. The SMILES string of the molecule is CCCCn1c(SCCCO)nc(C)c1C. The van der Waals surface area contributed by atoms with Crippen LogP contribution in [-0.4, -0.2) is 27.0 Å². The lowest BCUT2D eigenvalue weighted by Crippen LogP contribution is -2.02. The second-order valence-corrected chi connectivity index (χ2v) is 5.06. The van der Waals surface area contributed by atoms with Crippen LogP contribution in [-0.2, 0) is 6.54 Å². The van der Waals surface area contributed by atoms with Gasteiger partial charge in [-0.15, -0.1) is 0 Å². The average molecular weight is 242 g/mol. The standard InChI is InChI=1S/C12H22N2OS/c1-4-5-7-14-11(3)10(2)13-12(14)16-9-6-8-15/h15H,4-9H2,1-3H3. The van der Waals surface area contributed by atoms with Crippen LogP contribution in [0.15, 0.2) is 5.16 Å². The minimum absolute atomic E-state index is 0.265. The quantitative estimate of drug-likeness (QED) is 0.590. The second kappa shape index (κ2) is 6.97. The molecule has 16 heavy (non-hydrogen) atoms. The maximum Gasteiger partial charge on any atom is 0.168 e. The van der Waals surface area contributed by atoms with Crippen LogP contribution in [0, 0.1) is 13.8 Å². The van der Waals surface area contributed by atoms with E-state index in [0.717, 1.165) is 29.6 Å². The maximum atomic E-state index is 8.77. The predicted molar refractivity (Wildman–Crippen MR) is 69.0 cm³/mol. The summed E-state index contributed by atoms with van der Waals surface area (Å²) in [6.45, 7) is 7.73. The van der Waals surface area contributed by atoms with Crippen LogP contribution in [0.4, 0.5) is 0 Å². The van der Waals surface area contributed by atoms with Crippen molar-refractivity contribution in [3.63, 3.8) is 0 Å². The van der Waals surface area contributed by atoms with Crippen LogP contribution >= 0.6 is 11.8 Å². The smallest absolute Gasteiger partial charge is 0.168 e. The molecule has 1 heterocycles. The van der Waals surface area contributed by atoms with Crippen molar-refractivity contribution in [2.75, 3.05) is 12.4 Å². The number of hydrogen-bond donors (Lipinski definition) is 1. The maximum absolute atomic E-state index is 8.77. The van der Waals surface area contributed by atoms with Gasteiger partial charge in [-0.05, 0) is 26.7 Å². The topological polar surface area (TPSA) is 38.0 Å². The molecule has 0 fully saturated rings. The average Bonchev–Trinajstić information content (AvgIpc) is 2.53. The Hall–Kier alpha value is -0.480. The summed E-state index contributed by atoms with van der Waals surface area (Å²) in [4.78, 5) is 4.58. The number of aliphatic hydroxyl groups is 1. The Labute approximate surface area is 102 Å². The fourth-order valence-corrected chi connectivity index (χ4v) is 2.58. The van der Waals surface area contributed by atoms with E-state index in [0.29, 0.717) is 0 Å². The molecule has 0 radical (unpaired) electrons. The summed E-state index contributed by atoms with van der Waals surface area (Å²) in [6, 6.07) is 0. The van der Waals surface area contributed by atoms with Gasteiger partial charge in [-0.3, -0.25) is 0 Å². The van der Waals surface area contributed by atoms with E-state index in [1.807, 2.05) is 0 Å². The third-order valence-electron chi connectivity index (χ3n) is 2.69. The summed E-state index contributed by atoms with van der Waals surface area (Å²) in [5.41, 5.74) is 2.41. The van der Waals surface area contributed by atoms with Crippen LogP contribution < -0.4 is 0 Å². The van der Waals surface area contributed by atoms with Gasteiger partial charge < -0.3 is 9.67 Å². The van der Waals surface area contributed by atoms with Gasteiger partial charge in [0.2, 0.25) is 0 Å². The van der Waals surface area contributed by atoms with E-state index in [1.165, 1.54) is 18.5 Å². The first-order valence-electron chi connectivity index (χ1n) is 5.98. The van der Waals surface area contributed by atoms with Gasteiger partial charge in [0.25, 0.3) is 0 Å². The molecule has 3 nitrogen and oxygen atoms in total. The van der Waals surface area contributed by atoms with E-state index in [9.17, 15) is 0 Å². The molecule has 0 aliphatic heterocycles. The Morgan fingerprint density at radius 3 is 2.69 bits per heavy atom. The zero-order valence-electron chi connectivity index (χ0n) is 10.5. The lowest BCUT2D eigenvalue weighted by Gasteiger charge is -2.08. The Bertz CT molecular complexity index is 323. The number of nitrogens with zero attached hydrogens (tertiary/aromatic N) is 2. The molecule has 0 spiro atoms. The van der Waals surface area contributed by atoms with Crippen LogP contribution in [0.3, 0.4) is 0 Å². The Morgan fingerprint density at radius 2 is 2.06 bits per heavy atom. The molecular formula is C12H22N2OS. The van der Waals surface area contributed by atoms with Crippen molar-refractivity contribution in [1.29, 1.82) is 0 Å². The lowest BCUT2D eigenvalue weighted by molar-refractivity contribution is 0.296. The molecule has 1 aromatic heterocycles. The van der Waals surface area contributed by atoms with Crippen LogP contribution in [0.2, 0.25) is 0 Å². The van der Waals surface area contributed by atoms with E-state index in [2.05, 4.69) is 30.3 Å². The molecular weight excluding hydrogens is 220 g/mol. The molecule has 1 N–H and O–H groups in total. The van der Waals surface area contributed by atoms with Crippen molar-refractivity contribution < 1.29 is 5.11 Å². The number of aryl methyl sites for hydroxylation is 1. The van der Waals surface area contributed by atoms with Gasteiger partial charge in [-0.25, -0.2) is 4.98 Å². The van der Waals surface area contributed by atoms with Crippen molar-refractivity contribution >= 4 is 11.8 Å². The van der Waals surface area contributed by atoms with E-state index in [4.69, 9.17) is 5.11 Å². The Kier molecular flexibility index (Phi) is 5.91. The normalized spacial score (nSPS) is 11.0. The minimum atomic E-state index is 0.265. The fourth-order valence-electron chi connectivity index (χ4n) is 1.54. The van der Waals surface area contributed by atoms with Gasteiger partial charge in [0.05, 0.1) is 5.69 Å². The van der Waals surface area contributed by atoms with Crippen molar-refractivity contribution in [3.8, 4) is 0 Å². The third-order valence-corrected chi connectivity index (χ3v) is 3.75. The number of unbranched alkanes of at least 4 members (excludes halogenated alkanes) is 1. The summed E-state index contributed by atoms with van der Waals surface area (Å²) in [7, 11) is 0. The van der Waals surface area contributed by atoms with E-state index in [-0.39, 0.29) is 6.61 Å². The number of thioether (sulfide) groups is 1. The monoisotopic (exact) mass is 242 g/mol. The summed E-state index contributed by atoms with van der Waals surface area (Å²) in [6.07, 6.45) is 3.24. The van der Waals surface area contributed by atoms with Crippen molar-refractivity contribution in [2.45, 2.75) is 51.7 Å². The highest BCUT2D eigenvalue weighted by atomic mass is 32.2. The summed E-state index contributed by atoms with van der Waals surface area (Å²) < 4.78 is 2.31. The molecule has 0 aliphatic carbocycles. The van der Waals surface area contributed by atoms with Gasteiger partial charge in [0.1, 0.15) is 0 Å². The van der Waals surface area contributed by atoms with E-state index >= 15 is 0 Å². The molecule has 92 valence electrons. The number of imidazole rings is 1. The molecule has 0 aliphatic rings. The van der Waals surface area contributed by atoms with Gasteiger partial charge in [-0.1, -0.05) is 25.1 Å². The molecule has 0 unspecified atom stereocenters. The number of aliphatic hydroxyl groups excluding tert-OH is 1. The number of aromatic nitrogens is 2. The second-order valence-electron chi connectivity index (χ2n) is 4.00. The van der Waals surface area contributed by atoms with Crippen LogP contribution in [0.1, 0.15) is 37.6 Å². The molecule has 4 heteroatoms. The largest absolute Gasteiger partial charge is 0.396 e. The molecule has 0 bridgehead atoms. The highest BCUT2D eigenvalue weighted by Gasteiger charge is 2.10. The van der Waals surface area contributed by atoms with Gasteiger partial charge >= 0.3 is 0 Å². The number of rotatable bonds is 7.